The van der Waals surface area contributed by atoms with Crippen LogP contribution in [0.25, 0.3) is 0 Å². The van der Waals surface area contributed by atoms with Gasteiger partial charge in [-0.1, -0.05) is 0 Å². The quantitative estimate of drug-likeness (QED) is 0.852. The fourth-order valence-electron chi connectivity index (χ4n) is 2.66. The Bertz CT molecular complexity index is 780. The Morgan fingerprint density at radius 3 is 2.73 bits per heavy atom. The first kappa shape index (κ1) is 17.7. The molecule has 3 rings (SSSR count). The molecule has 26 heavy (non-hydrogen) atoms. The zero-order valence-electron chi connectivity index (χ0n) is 14.6. The maximum absolute atomic E-state index is 12.6. The predicted octanol–water partition coefficient (Wildman–Crippen LogP) is 1.63. The second-order valence-electron chi connectivity index (χ2n) is 5.82. The number of hydrogen-bond donors (Lipinski definition) is 1. The van der Waals surface area contributed by atoms with E-state index in [1.807, 2.05) is 19.1 Å². The Morgan fingerprint density at radius 2 is 2.00 bits per heavy atom. The molecule has 1 aliphatic heterocycles. The van der Waals surface area contributed by atoms with Crippen LogP contribution in [0.2, 0.25) is 0 Å². The average Bonchev–Trinajstić information content (AvgIpc) is 2.67. The first-order chi connectivity index (χ1) is 12.7. The molecule has 1 aromatic carbocycles. The first-order valence-corrected chi connectivity index (χ1v) is 8.52. The highest BCUT2D eigenvalue weighted by molar-refractivity contribution is 5.97. The van der Waals surface area contributed by atoms with Crippen molar-refractivity contribution in [3.8, 4) is 11.5 Å². The molecule has 2 aromatic rings. The summed E-state index contributed by atoms with van der Waals surface area (Å²) in [5.41, 5.74) is 1.46. The van der Waals surface area contributed by atoms with Crippen LogP contribution >= 0.6 is 0 Å². The van der Waals surface area contributed by atoms with E-state index in [0.29, 0.717) is 43.4 Å². The third kappa shape index (κ3) is 4.30. The highest BCUT2D eigenvalue weighted by Gasteiger charge is 2.23. The van der Waals surface area contributed by atoms with E-state index in [4.69, 9.17) is 9.47 Å². The van der Waals surface area contributed by atoms with E-state index >= 15 is 0 Å². The number of aromatic nitrogens is 1. The molecule has 1 N–H and O–H groups in total. The summed E-state index contributed by atoms with van der Waals surface area (Å²) in [5.74, 6) is 0.735. The van der Waals surface area contributed by atoms with Crippen LogP contribution in [0, 0.1) is 0 Å². The molecule has 1 fully saturated rings. The molecule has 0 aliphatic carbocycles. The summed E-state index contributed by atoms with van der Waals surface area (Å²) in [4.78, 5) is 29.6. The van der Waals surface area contributed by atoms with Gasteiger partial charge in [0, 0.05) is 31.0 Å². The lowest BCUT2D eigenvalue weighted by Crippen LogP contribution is -2.49. The lowest BCUT2D eigenvalue weighted by molar-refractivity contribution is -0.123. The van der Waals surface area contributed by atoms with E-state index in [-0.39, 0.29) is 18.4 Å². The van der Waals surface area contributed by atoms with Crippen LogP contribution in [0.15, 0.2) is 42.7 Å². The number of nitrogens with one attached hydrogen (secondary N) is 1. The molecule has 0 saturated carbocycles. The summed E-state index contributed by atoms with van der Waals surface area (Å²) in [5, 5.41) is 2.71. The van der Waals surface area contributed by atoms with Gasteiger partial charge < -0.3 is 19.7 Å². The fourth-order valence-corrected chi connectivity index (χ4v) is 2.66. The smallest absolute Gasteiger partial charge is 0.254 e. The summed E-state index contributed by atoms with van der Waals surface area (Å²) in [6.07, 6.45) is 3.41. The van der Waals surface area contributed by atoms with E-state index in [1.54, 1.807) is 30.6 Å². The first-order valence-electron chi connectivity index (χ1n) is 8.52. The molecule has 0 bridgehead atoms. The van der Waals surface area contributed by atoms with Crippen molar-refractivity contribution in [2.45, 2.75) is 13.5 Å². The standard InChI is InChI=1S/C19H21N3O4/c1-2-25-17-11-15(19(24)22-10-9-21-18(23)12-22)3-4-16(17)26-13-14-5-7-20-8-6-14/h3-8,11H,2,9-10,12-13H2,1H3,(H,21,23). The molecule has 0 radical (unpaired) electrons. The molecule has 1 aromatic heterocycles. The summed E-state index contributed by atoms with van der Waals surface area (Å²) >= 11 is 0. The lowest BCUT2D eigenvalue weighted by atomic mass is 10.1. The van der Waals surface area contributed by atoms with E-state index in [2.05, 4.69) is 10.3 Å². The average molecular weight is 355 g/mol. The number of pyridine rings is 1. The van der Waals surface area contributed by atoms with Gasteiger partial charge in [0.2, 0.25) is 5.91 Å². The van der Waals surface area contributed by atoms with Crippen molar-refractivity contribution < 1.29 is 19.1 Å². The second kappa shape index (κ2) is 8.33. The van der Waals surface area contributed by atoms with E-state index in [9.17, 15) is 9.59 Å². The van der Waals surface area contributed by atoms with Crippen molar-refractivity contribution in [3.05, 3.63) is 53.9 Å². The number of carbonyl (C=O) groups excluding carboxylic acids is 2. The van der Waals surface area contributed by atoms with Gasteiger partial charge in [-0.3, -0.25) is 14.6 Å². The zero-order valence-corrected chi connectivity index (χ0v) is 14.6. The van der Waals surface area contributed by atoms with Gasteiger partial charge in [-0.2, -0.15) is 0 Å². The third-order valence-electron chi connectivity index (χ3n) is 3.96. The lowest BCUT2D eigenvalue weighted by Gasteiger charge is -2.27. The van der Waals surface area contributed by atoms with Gasteiger partial charge in [-0.15, -0.1) is 0 Å². The van der Waals surface area contributed by atoms with E-state index < -0.39 is 0 Å². The molecule has 2 amide bonds. The number of carbonyl (C=O) groups is 2. The van der Waals surface area contributed by atoms with Gasteiger partial charge in [0.15, 0.2) is 11.5 Å². The van der Waals surface area contributed by atoms with Crippen molar-refractivity contribution in [1.82, 2.24) is 15.2 Å². The molecule has 136 valence electrons. The molecule has 1 aliphatic rings. The number of rotatable bonds is 6. The minimum Gasteiger partial charge on any atom is -0.490 e. The van der Waals surface area contributed by atoms with Crippen LogP contribution in [0.4, 0.5) is 0 Å². The van der Waals surface area contributed by atoms with Crippen LogP contribution in [0.5, 0.6) is 11.5 Å². The minimum atomic E-state index is -0.193. The number of amides is 2. The Morgan fingerprint density at radius 1 is 1.19 bits per heavy atom. The van der Waals surface area contributed by atoms with Crippen LogP contribution < -0.4 is 14.8 Å². The Hall–Kier alpha value is -3.09. The fraction of sp³-hybridized carbons (Fsp3) is 0.316. The minimum absolute atomic E-state index is 0.0725. The molecule has 7 nitrogen and oxygen atoms in total. The van der Waals surface area contributed by atoms with Crippen LogP contribution in [0.3, 0.4) is 0 Å². The number of benzene rings is 1. The summed E-state index contributed by atoms with van der Waals surface area (Å²) in [6.45, 7) is 3.74. The highest BCUT2D eigenvalue weighted by Crippen LogP contribution is 2.30. The Balaban J connectivity index is 1.75. The van der Waals surface area contributed by atoms with Gasteiger partial charge in [0.05, 0.1) is 13.2 Å². The monoisotopic (exact) mass is 355 g/mol. The molecule has 1 saturated heterocycles. The van der Waals surface area contributed by atoms with Gasteiger partial charge in [0.25, 0.3) is 5.91 Å². The number of piperazine rings is 1. The van der Waals surface area contributed by atoms with Gasteiger partial charge >= 0.3 is 0 Å². The molecular formula is C19H21N3O4. The van der Waals surface area contributed by atoms with Crippen LogP contribution in [-0.4, -0.2) is 47.9 Å². The Labute approximate surface area is 151 Å². The summed E-state index contributed by atoms with van der Waals surface area (Å²) < 4.78 is 11.5. The van der Waals surface area contributed by atoms with Crippen molar-refractivity contribution in [2.24, 2.45) is 0 Å². The van der Waals surface area contributed by atoms with Crippen molar-refractivity contribution in [3.63, 3.8) is 0 Å². The second-order valence-corrected chi connectivity index (χ2v) is 5.82. The normalized spacial score (nSPS) is 13.9. The van der Waals surface area contributed by atoms with E-state index in [1.165, 1.54) is 4.90 Å². The van der Waals surface area contributed by atoms with Crippen molar-refractivity contribution in [1.29, 1.82) is 0 Å². The van der Waals surface area contributed by atoms with Crippen molar-refractivity contribution in [2.75, 3.05) is 26.2 Å². The maximum atomic E-state index is 12.6. The highest BCUT2D eigenvalue weighted by atomic mass is 16.5. The van der Waals surface area contributed by atoms with Gasteiger partial charge in [-0.05, 0) is 42.8 Å². The topological polar surface area (TPSA) is 80.8 Å². The molecule has 2 heterocycles. The summed E-state index contributed by atoms with van der Waals surface area (Å²) in [7, 11) is 0. The third-order valence-corrected chi connectivity index (χ3v) is 3.96. The van der Waals surface area contributed by atoms with Crippen molar-refractivity contribution >= 4 is 11.8 Å². The molecular weight excluding hydrogens is 334 g/mol. The van der Waals surface area contributed by atoms with Gasteiger partial charge in [0.1, 0.15) is 6.61 Å². The number of ether oxygens (including phenoxy) is 2. The largest absolute Gasteiger partial charge is 0.490 e. The van der Waals surface area contributed by atoms with E-state index in [0.717, 1.165) is 5.56 Å². The number of nitrogens with zero attached hydrogens (tertiary/aromatic N) is 2. The molecule has 0 atom stereocenters. The predicted molar refractivity (Wildman–Crippen MR) is 95.1 cm³/mol. The molecule has 7 heteroatoms. The zero-order chi connectivity index (χ0) is 18.4. The molecule has 0 spiro atoms. The van der Waals surface area contributed by atoms with Gasteiger partial charge in [-0.25, -0.2) is 0 Å². The van der Waals surface area contributed by atoms with Crippen LogP contribution in [0.1, 0.15) is 22.8 Å². The SMILES string of the molecule is CCOc1cc(C(=O)N2CCNC(=O)C2)ccc1OCc1ccncc1. The molecule has 0 unspecified atom stereocenters. The summed E-state index contributed by atoms with van der Waals surface area (Å²) in [6, 6.07) is 8.84. The van der Waals surface area contributed by atoms with Crippen LogP contribution in [-0.2, 0) is 11.4 Å². The Kier molecular flexibility index (Phi) is 5.68. The number of hydrogen-bond acceptors (Lipinski definition) is 5. The maximum Gasteiger partial charge on any atom is 0.254 e.